The van der Waals surface area contributed by atoms with Crippen LogP contribution >= 0.6 is 39.1 Å². The third-order valence-corrected chi connectivity index (χ3v) is 9.22. The molecule has 0 bridgehead atoms. The Labute approximate surface area is 349 Å². The number of methoxy groups -OCH3 is 2. The van der Waals surface area contributed by atoms with E-state index in [-0.39, 0.29) is 10.0 Å². The second kappa shape index (κ2) is 19.4. The van der Waals surface area contributed by atoms with Gasteiger partial charge in [0.2, 0.25) is 11.8 Å². The van der Waals surface area contributed by atoms with E-state index in [1.807, 2.05) is 42.5 Å². The SMILES string of the molecule is COc1ccc(-c2ccc3ncnc(Nc4ccc(F)c(Cl)c4)c3c2)cn1.COc1ccc(B(O)O)cn1.Fc1ccc(Nc2ncnc3ccc(Br)cc23)cc1Cl. The molecular formula is C40H30BBrCl2F2N8O4. The lowest BCUT2D eigenvalue weighted by Gasteiger charge is -2.10. The zero-order valence-electron chi connectivity index (χ0n) is 30.4. The van der Waals surface area contributed by atoms with Crippen LogP contribution in [0, 0.1) is 11.6 Å². The Morgan fingerprint density at radius 3 is 1.59 bits per heavy atom. The van der Waals surface area contributed by atoms with E-state index in [1.54, 1.807) is 37.6 Å². The third-order valence-electron chi connectivity index (χ3n) is 8.14. The number of hydrogen-bond donors (Lipinski definition) is 4. The summed E-state index contributed by atoms with van der Waals surface area (Å²) >= 11 is 15.1. The minimum atomic E-state index is -1.46. The highest BCUT2D eigenvalue weighted by Crippen LogP contribution is 2.31. The van der Waals surface area contributed by atoms with Gasteiger partial charge in [0.05, 0.1) is 35.3 Å². The molecule has 0 aliphatic heterocycles. The lowest BCUT2D eigenvalue weighted by Crippen LogP contribution is -2.29. The molecule has 12 nitrogen and oxygen atoms in total. The number of benzene rings is 4. The van der Waals surface area contributed by atoms with Gasteiger partial charge in [0, 0.05) is 56.1 Å². The quantitative estimate of drug-likeness (QED) is 0.108. The molecule has 0 saturated heterocycles. The minimum absolute atomic E-state index is 0.0448. The Bertz CT molecular complexity index is 2670. The molecule has 4 N–H and O–H groups in total. The molecule has 0 unspecified atom stereocenters. The summed E-state index contributed by atoms with van der Waals surface area (Å²) in [6.07, 6.45) is 6.05. The minimum Gasteiger partial charge on any atom is -0.481 e. The predicted octanol–water partition coefficient (Wildman–Crippen LogP) is 8.93. The molecule has 0 aliphatic rings. The van der Waals surface area contributed by atoms with Crippen LogP contribution in [0.3, 0.4) is 0 Å². The molecular weight excluding hydrogens is 856 g/mol. The second-order valence-electron chi connectivity index (χ2n) is 11.9. The molecule has 0 fully saturated rings. The summed E-state index contributed by atoms with van der Waals surface area (Å²) in [7, 11) is 1.61. The number of hydrogen-bond acceptors (Lipinski definition) is 12. The van der Waals surface area contributed by atoms with E-state index >= 15 is 0 Å². The molecule has 0 aliphatic carbocycles. The van der Waals surface area contributed by atoms with Gasteiger partial charge < -0.3 is 30.2 Å². The maximum Gasteiger partial charge on any atom is 0.490 e. The van der Waals surface area contributed by atoms with Crippen molar-refractivity contribution in [2.24, 2.45) is 0 Å². The van der Waals surface area contributed by atoms with Gasteiger partial charge in [-0.05, 0) is 84.4 Å². The summed E-state index contributed by atoms with van der Waals surface area (Å²) < 4.78 is 37.3. The standard InChI is InChI=1S/C20H14ClFN4O.C14H8BrClFN3.C6H8BNO3/c1-27-19-7-3-13(10-23-19)12-2-6-18-15(8-12)20(25-11-24-18)26-14-4-5-17(22)16(21)9-14;15-8-1-4-13-10(5-8)14(19-7-18-13)20-9-2-3-12(17)11(16)6-9;1-11-6-3-2-5(4-8-6)7(9)10/h2-11H,1H3,(H,24,25,26);1-7H,(H,18,19,20);2-4,9-10H,1H3. The van der Waals surface area contributed by atoms with Crippen molar-refractivity contribution in [3.8, 4) is 22.9 Å². The molecule has 18 heteroatoms. The van der Waals surface area contributed by atoms with Crippen LogP contribution in [-0.4, -0.2) is 61.3 Å². The molecule has 4 heterocycles. The molecule has 292 valence electrons. The summed E-state index contributed by atoms with van der Waals surface area (Å²) in [6.45, 7) is 0. The van der Waals surface area contributed by atoms with Crippen LogP contribution in [0.15, 0.2) is 127 Å². The largest absolute Gasteiger partial charge is 0.490 e. The van der Waals surface area contributed by atoms with Gasteiger partial charge in [0.25, 0.3) is 0 Å². The Morgan fingerprint density at radius 1 is 0.586 bits per heavy atom. The van der Waals surface area contributed by atoms with Crippen LogP contribution in [0.5, 0.6) is 11.8 Å². The van der Waals surface area contributed by atoms with Crippen molar-refractivity contribution < 1.29 is 28.3 Å². The topological polar surface area (TPSA) is 160 Å². The van der Waals surface area contributed by atoms with Crippen LogP contribution in [-0.2, 0) is 0 Å². The predicted molar refractivity (Wildman–Crippen MR) is 227 cm³/mol. The summed E-state index contributed by atoms with van der Waals surface area (Å²) in [6, 6.07) is 27.3. The molecule has 8 rings (SSSR count). The summed E-state index contributed by atoms with van der Waals surface area (Å²) in [4.78, 5) is 25.1. The van der Waals surface area contributed by atoms with E-state index in [0.717, 1.165) is 37.4 Å². The van der Waals surface area contributed by atoms with Crippen molar-refractivity contribution in [1.82, 2.24) is 29.9 Å². The Kier molecular flexibility index (Phi) is 13.9. The number of nitrogens with one attached hydrogen (secondary N) is 2. The van der Waals surface area contributed by atoms with Crippen molar-refractivity contribution >= 4 is 96.5 Å². The van der Waals surface area contributed by atoms with Gasteiger partial charge in [-0.2, -0.15) is 0 Å². The zero-order chi connectivity index (χ0) is 41.2. The van der Waals surface area contributed by atoms with Gasteiger partial charge in [-0.3, -0.25) is 0 Å². The number of ether oxygens (including phenoxy) is 2. The van der Waals surface area contributed by atoms with E-state index in [2.05, 4.69) is 56.5 Å². The number of halogens is 5. The smallest absolute Gasteiger partial charge is 0.481 e. The van der Waals surface area contributed by atoms with E-state index in [1.165, 1.54) is 56.3 Å². The Hall–Kier alpha value is -6.04. The van der Waals surface area contributed by atoms with Crippen LogP contribution in [0.1, 0.15) is 0 Å². The highest BCUT2D eigenvalue weighted by Gasteiger charge is 2.11. The monoisotopic (exact) mass is 884 g/mol. The highest BCUT2D eigenvalue weighted by molar-refractivity contribution is 9.10. The fourth-order valence-electron chi connectivity index (χ4n) is 5.22. The molecule has 4 aromatic carbocycles. The first kappa shape index (κ1) is 41.6. The number of rotatable bonds is 8. The number of fused-ring (bicyclic) bond motifs is 2. The molecule has 4 aromatic heterocycles. The first-order valence-corrected chi connectivity index (χ1v) is 18.5. The van der Waals surface area contributed by atoms with E-state index < -0.39 is 18.8 Å². The van der Waals surface area contributed by atoms with Gasteiger partial charge in [-0.25, -0.2) is 38.7 Å². The zero-order valence-corrected chi connectivity index (χ0v) is 33.5. The fourth-order valence-corrected chi connectivity index (χ4v) is 5.94. The number of pyridine rings is 2. The highest BCUT2D eigenvalue weighted by atomic mass is 79.9. The number of nitrogens with zero attached hydrogens (tertiary/aromatic N) is 6. The Balaban J connectivity index is 0.000000160. The third kappa shape index (κ3) is 10.7. The average Bonchev–Trinajstić information content (AvgIpc) is 3.24. The molecule has 0 radical (unpaired) electrons. The number of anilines is 4. The van der Waals surface area contributed by atoms with Gasteiger partial charge >= 0.3 is 7.12 Å². The molecule has 0 spiro atoms. The van der Waals surface area contributed by atoms with Gasteiger partial charge in [0.15, 0.2) is 0 Å². The van der Waals surface area contributed by atoms with Gasteiger partial charge in [-0.1, -0.05) is 51.3 Å². The first-order chi connectivity index (χ1) is 28.0. The van der Waals surface area contributed by atoms with Gasteiger partial charge in [0.1, 0.15) is 35.9 Å². The van der Waals surface area contributed by atoms with E-state index in [4.69, 9.17) is 42.7 Å². The van der Waals surface area contributed by atoms with Crippen molar-refractivity contribution in [3.63, 3.8) is 0 Å². The van der Waals surface area contributed by atoms with Crippen molar-refractivity contribution in [1.29, 1.82) is 0 Å². The second-order valence-corrected chi connectivity index (χ2v) is 13.7. The lowest BCUT2D eigenvalue weighted by molar-refractivity contribution is 0.397. The van der Waals surface area contributed by atoms with Crippen molar-refractivity contribution in [2.45, 2.75) is 0 Å². The summed E-state index contributed by atoms with van der Waals surface area (Å²) in [5.74, 6) is 1.33. The first-order valence-electron chi connectivity index (χ1n) is 17.0. The molecule has 0 amide bonds. The van der Waals surface area contributed by atoms with E-state index in [0.29, 0.717) is 40.2 Å². The molecule has 0 saturated carbocycles. The molecule has 8 aromatic rings. The van der Waals surface area contributed by atoms with E-state index in [9.17, 15) is 8.78 Å². The maximum atomic E-state index is 13.4. The Morgan fingerprint density at radius 2 is 1.10 bits per heavy atom. The van der Waals surface area contributed by atoms with Crippen LogP contribution in [0.25, 0.3) is 32.9 Å². The van der Waals surface area contributed by atoms with Crippen molar-refractivity contribution in [2.75, 3.05) is 24.9 Å². The summed E-state index contributed by atoms with van der Waals surface area (Å²) in [5, 5.41) is 25.4. The van der Waals surface area contributed by atoms with Crippen molar-refractivity contribution in [3.05, 3.63) is 148 Å². The lowest BCUT2D eigenvalue weighted by atomic mass is 9.82. The number of aromatic nitrogens is 6. The normalized spacial score (nSPS) is 10.5. The van der Waals surface area contributed by atoms with Crippen LogP contribution < -0.4 is 25.6 Å². The fraction of sp³-hybridized carbons (Fsp3) is 0.0500. The van der Waals surface area contributed by atoms with Crippen LogP contribution in [0.2, 0.25) is 10.0 Å². The molecule has 58 heavy (non-hydrogen) atoms. The molecule has 0 atom stereocenters. The summed E-state index contributed by atoms with van der Waals surface area (Å²) in [5.41, 5.74) is 5.16. The average molecular weight is 886 g/mol. The van der Waals surface area contributed by atoms with Crippen LogP contribution in [0.4, 0.5) is 31.8 Å². The van der Waals surface area contributed by atoms with Gasteiger partial charge in [-0.15, -0.1) is 0 Å². The maximum absolute atomic E-state index is 13.4.